The van der Waals surface area contributed by atoms with Crippen LogP contribution in [0.25, 0.3) is 0 Å². The maximum absolute atomic E-state index is 12.9. The van der Waals surface area contributed by atoms with Gasteiger partial charge in [-0.15, -0.1) is 0 Å². The molecule has 3 unspecified atom stereocenters. The van der Waals surface area contributed by atoms with E-state index in [0.29, 0.717) is 71.3 Å². The molecule has 0 amide bonds. The fourth-order valence-corrected chi connectivity index (χ4v) is 7.47. The number of unbranched alkanes of at least 4 members (excludes halogenated alkanes) is 3. The molecular formula is C51H72N6O6. The van der Waals surface area contributed by atoms with Crippen LogP contribution in [0, 0.1) is 17.8 Å². The summed E-state index contributed by atoms with van der Waals surface area (Å²) in [5.41, 5.74) is 3.33. The summed E-state index contributed by atoms with van der Waals surface area (Å²) in [6.45, 7) is 14.2. The molecular weight excluding hydrogens is 793 g/mol. The van der Waals surface area contributed by atoms with Gasteiger partial charge in [-0.1, -0.05) is 99.3 Å². The number of aromatic nitrogens is 3. The van der Waals surface area contributed by atoms with Gasteiger partial charge in [-0.3, -0.25) is 0 Å². The van der Waals surface area contributed by atoms with Crippen molar-refractivity contribution in [3.8, 4) is 0 Å². The van der Waals surface area contributed by atoms with Gasteiger partial charge in [0.2, 0.25) is 17.8 Å². The number of hydrogen-bond acceptors (Lipinski definition) is 12. The van der Waals surface area contributed by atoms with E-state index in [0.717, 1.165) is 96.3 Å². The Bertz CT molecular complexity index is 1700. The van der Waals surface area contributed by atoms with E-state index in [-0.39, 0.29) is 35.8 Å². The summed E-state index contributed by atoms with van der Waals surface area (Å²) in [5, 5.41) is 9.70. The van der Waals surface area contributed by atoms with Gasteiger partial charge in [0.1, 0.15) is 0 Å². The van der Waals surface area contributed by atoms with E-state index in [1.807, 2.05) is 0 Å². The smallest absolute Gasteiger partial charge is 0.338 e. The van der Waals surface area contributed by atoms with Crippen LogP contribution in [0.3, 0.4) is 0 Å². The van der Waals surface area contributed by atoms with Crippen molar-refractivity contribution in [1.29, 1.82) is 0 Å². The summed E-state index contributed by atoms with van der Waals surface area (Å²) in [6.07, 6.45) is 16.2. The Morgan fingerprint density at radius 2 is 0.651 bits per heavy atom. The van der Waals surface area contributed by atoms with E-state index in [1.54, 1.807) is 72.8 Å². The highest BCUT2D eigenvalue weighted by atomic mass is 16.5. The summed E-state index contributed by atoms with van der Waals surface area (Å²) >= 11 is 0. The Labute approximate surface area is 376 Å². The highest BCUT2D eigenvalue weighted by Crippen LogP contribution is 2.24. The summed E-state index contributed by atoms with van der Waals surface area (Å²) < 4.78 is 17.1. The molecule has 0 aliphatic rings. The van der Waals surface area contributed by atoms with Crippen LogP contribution >= 0.6 is 0 Å². The summed E-state index contributed by atoms with van der Waals surface area (Å²) in [5.74, 6) is 0.750. The molecule has 0 aliphatic carbocycles. The van der Waals surface area contributed by atoms with E-state index < -0.39 is 0 Å². The third kappa shape index (κ3) is 18.0. The number of carbonyl (C=O) groups is 3. The largest absolute Gasteiger partial charge is 0.462 e. The first-order chi connectivity index (χ1) is 30.7. The lowest BCUT2D eigenvalue weighted by molar-refractivity contribution is 0.0415. The Hall–Kier alpha value is -5.52. The van der Waals surface area contributed by atoms with Crippen LogP contribution in [0.4, 0.5) is 34.9 Å². The van der Waals surface area contributed by atoms with E-state index >= 15 is 0 Å². The van der Waals surface area contributed by atoms with Crippen molar-refractivity contribution in [3.05, 3.63) is 89.5 Å². The van der Waals surface area contributed by atoms with Gasteiger partial charge in [0.25, 0.3) is 0 Å². The van der Waals surface area contributed by atoms with Crippen LogP contribution < -0.4 is 16.0 Å². The van der Waals surface area contributed by atoms with Crippen LogP contribution in [0.2, 0.25) is 0 Å². The van der Waals surface area contributed by atoms with Crippen LogP contribution in [-0.2, 0) is 14.2 Å². The number of carbonyl (C=O) groups excluding carboxylic acids is 3. The standard InChI is InChI=1S/C51H72N6O6/c1-7-13-19-37(16-10-4)34-61-46(58)40-22-28-43(29-23-40)52-49-55-50(53-44-30-24-41(25-31-44)47(59)62-35-38(17-11-5)20-14-8-2)57-51(56-49)54-45-32-26-42(27-33-45)48(60)63-36-39(18-12-6)21-15-9-3/h22-33,37-39H,7-21,34-36H2,1-6H3,(H3,52,53,54,55,56,57). The first-order valence-electron chi connectivity index (χ1n) is 23.6. The van der Waals surface area contributed by atoms with Crippen molar-refractivity contribution in [3.63, 3.8) is 0 Å². The van der Waals surface area contributed by atoms with Crippen LogP contribution in [0.1, 0.15) is 169 Å². The molecule has 1 heterocycles. The number of nitrogens with one attached hydrogen (secondary N) is 3. The Kier molecular flexibility index (Phi) is 22.5. The maximum atomic E-state index is 12.9. The molecule has 4 rings (SSSR count). The summed E-state index contributed by atoms with van der Waals surface area (Å²) in [6, 6.07) is 21.0. The quantitative estimate of drug-likeness (QED) is 0.0338. The molecule has 3 N–H and O–H groups in total. The molecule has 0 saturated heterocycles. The van der Waals surface area contributed by atoms with Crippen molar-refractivity contribution in [2.45, 2.75) is 138 Å². The zero-order valence-electron chi connectivity index (χ0n) is 38.7. The van der Waals surface area contributed by atoms with Crippen LogP contribution in [0.15, 0.2) is 72.8 Å². The average Bonchev–Trinajstić information content (AvgIpc) is 3.29. The van der Waals surface area contributed by atoms with E-state index in [9.17, 15) is 14.4 Å². The normalized spacial score (nSPS) is 12.5. The van der Waals surface area contributed by atoms with Crippen LogP contribution in [0.5, 0.6) is 0 Å². The zero-order chi connectivity index (χ0) is 45.2. The predicted molar refractivity (Wildman–Crippen MR) is 254 cm³/mol. The van der Waals surface area contributed by atoms with Crippen molar-refractivity contribution in [2.75, 3.05) is 35.8 Å². The monoisotopic (exact) mass is 865 g/mol. The Morgan fingerprint density at radius 1 is 0.397 bits per heavy atom. The second-order valence-electron chi connectivity index (χ2n) is 16.6. The van der Waals surface area contributed by atoms with Gasteiger partial charge in [-0.2, -0.15) is 15.0 Å². The molecule has 12 heteroatoms. The number of anilines is 6. The highest BCUT2D eigenvalue weighted by Gasteiger charge is 2.17. The first kappa shape index (κ1) is 50.1. The lowest BCUT2D eigenvalue weighted by Crippen LogP contribution is -2.14. The summed E-state index contributed by atoms with van der Waals surface area (Å²) in [7, 11) is 0. The predicted octanol–water partition coefficient (Wildman–Crippen LogP) is 13.4. The maximum Gasteiger partial charge on any atom is 0.338 e. The molecule has 342 valence electrons. The number of nitrogens with zero attached hydrogens (tertiary/aromatic N) is 3. The van der Waals surface area contributed by atoms with Gasteiger partial charge in [-0.25, -0.2) is 14.4 Å². The minimum absolute atomic E-state index is 0.235. The van der Waals surface area contributed by atoms with Gasteiger partial charge in [0.05, 0.1) is 36.5 Å². The molecule has 0 fully saturated rings. The third-order valence-electron chi connectivity index (χ3n) is 11.1. The number of hydrogen-bond donors (Lipinski definition) is 3. The molecule has 3 aromatic carbocycles. The Morgan fingerprint density at radius 3 is 0.873 bits per heavy atom. The molecule has 63 heavy (non-hydrogen) atoms. The molecule has 0 radical (unpaired) electrons. The molecule has 0 saturated carbocycles. The molecule has 0 aliphatic heterocycles. The average molecular weight is 865 g/mol. The molecule has 1 aromatic heterocycles. The van der Waals surface area contributed by atoms with Crippen molar-refractivity contribution >= 4 is 52.8 Å². The lowest BCUT2D eigenvalue weighted by Gasteiger charge is -2.16. The van der Waals surface area contributed by atoms with Crippen molar-refractivity contribution in [2.24, 2.45) is 17.8 Å². The number of ether oxygens (including phenoxy) is 3. The number of esters is 3. The molecule has 3 atom stereocenters. The summed E-state index contributed by atoms with van der Waals surface area (Å²) in [4.78, 5) is 52.7. The van der Waals surface area contributed by atoms with Gasteiger partial charge >= 0.3 is 17.9 Å². The second kappa shape index (κ2) is 28.2. The van der Waals surface area contributed by atoms with Gasteiger partial charge in [0.15, 0.2) is 0 Å². The first-order valence-corrected chi connectivity index (χ1v) is 23.6. The number of rotatable bonds is 30. The van der Waals surface area contributed by atoms with E-state index in [2.05, 4.69) is 72.4 Å². The van der Waals surface area contributed by atoms with Gasteiger partial charge in [-0.05, 0) is 129 Å². The zero-order valence-corrected chi connectivity index (χ0v) is 38.7. The second-order valence-corrected chi connectivity index (χ2v) is 16.6. The van der Waals surface area contributed by atoms with Gasteiger partial charge < -0.3 is 30.2 Å². The SMILES string of the molecule is CCCCC(CCC)COC(=O)c1ccc(Nc2nc(Nc3ccc(C(=O)OCC(CCC)CCCC)cc3)nc(Nc3ccc(C(=O)OCC(CCC)CCCC)cc3)n2)cc1. The molecule has 12 nitrogen and oxygen atoms in total. The minimum Gasteiger partial charge on any atom is -0.462 e. The van der Waals surface area contributed by atoms with Crippen molar-refractivity contribution < 1.29 is 28.6 Å². The van der Waals surface area contributed by atoms with Gasteiger partial charge in [0, 0.05) is 17.1 Å². The fourth-order valence-electron chi connectivity index (χ4n) is 7.47. The van der Waals surface area contributed by atoms with Crippen LogP contribution in [-0.4, -0.2) is 52.7 Å². The molecule has 4 aromatic rings. The number of benzene rings is 3. The van der Waals surface area contributed by atoms with E-state index in [1.165, 1.54) is 0 Å². The molecule has 0 spiro atoms. The third-order valence-corrected chi connectivity index (χ3v) is 11.1. The lowest BCUT2D eigenvalue weighted by atomic mass is 9.98. The molecule has 0 bridgehead atoms. The Balaban J connectivity index is 1.49. The topological polar surface area (TPSA) is 154 Å². The minimum atomic E-state index is -0.351. The fraction of sp³-hybridized carbons (Fsp3) is 0.529. The van der Waals surface area contributed by atoms with Crippen molar-refractivity contribution in [1.82, 2.24) is 15.0 Å². The highest BCUT2D eigenvalue weighted by molar-refractivity contribution is 5.91. The van der Waals surface area contributed by atoms with E-state index in [4.69, 9.17) is 14.2 Å².